The molecule has 1 heterocycles. The lowest BCUT2D eigenvalue weighted by Crippen LogP contribution is -2.42. The molecular weight excluding hydrogens is 342 g/mol. The number of aryl methyl sites for hydroxylation is 1. The number of β-amino-alcohol motifs (C(OH)–C–C–N with tert-alkyl or cyclic N) is 1. The van der Waals surface area contributed by atoms with E-state index in [1.54, 1.807) is 6.07 Å². The molecular formula is C14H16BrNO5. The minimum Gasteiger partial charge on any atom is -0.483 e. The van der Waals surface area contributed by atoms with Gasteiger partial charge in [-0.3, -0.25) is 4.79 Å². The van der Waals surface area contributed by atoms with Crippen LogP contribution in [0.2, 0.25) is 0 Å². The van der Waals surface area contributed by atoms with E-state index < -0.39 is 24.0 Å². The van der Waals surface area contributed by atoms with E-state index in [0.717, 1.165) is 14.9 Å². The number of ether oxygens (including phenoxy) is 1. The topological polar surface area (TPSA) is 87.1 Å². The normalized spacial score (nSPS) is 21.4. The number of nitrogens with zero attached hydrogens (tertiary/aromatic N) is 1. The quantitative estimate of drug-likeness (QED) is 0.844. The van der Waals surface area contributed by atoms with Gasteiger partial charge in [-0.2, -0.15) is 0 Å². The second-order valence-corrected chi connectivity index (χ2v) is 5.87. The molecule has 1 fully saturated rings. The summed E-state index contributed by atoms with van der Waals surface area (Å²) < 4.78 is 6.14. The van der Waals surface area contributed by atoms with Gasteiger partial charge >= 0.3 is 5.97 Å². The van der Waals surface area contributed by atoms with Gasteiger partial charge in [0.1, 0.15) is 11.8 Å². The number of amides is 1. The summed E-state index contributed by atoms with van der Waals surface area (Å²) >= 11 is 3.34. The molecule has 2 atom stereocenters. The van der Waals surface area contributed by atoms with Crippen LogP contribution in [0.4, 0.5) is 0 Å². The molecule has 0 bridgehead atoms. The molecule has 1 amide bonds. The number of carboxylic acid groups (broad SMARTS) is 1. The summed E-state index contributed by atoms with van der Waals surface area (Å²) in [6.45, 7) is 1.69. The average molecular weight is 358 g/mol. The van der Waals surface area contributed by atoms with Gasteiger partial charge in [0.25, 0.3) is 5.91 Å². The molecule has 1 saturated heterocycles. The predicted molar refractivity (Wildman–Crippen MR) is 78.1 cm³/mol. The van der Waals surface area contributed by atoms with Crippen molar-refractivity contribution in [3.05, 3.63) is 28.2 Å². The summed E-state index contributed by atoms with van der Waals surface area (Å²) in [7, 11) is 0. The third kappa shape index (κ3) is 3.74. The van der Waals surface area contributed by atoms with Crippen molar-refractivity contribution in [2.75, 3.05) is 13.2 Å². The van der Waals surface area contributed by atoms with Gasteiger partial charge in [0, 0.05) is 13.0 Å². The molecule has 1 aromatic carbocycles. The Labute approximate surface area is 130 Å². The van der Waals surface area contributed by atoms with Crippen LogP contribution in [-0.4, -0.2) is 52.3 Å². The number of likely N-dealkylation sites (tertiary alicyclic amines) is 1. The predicted octanol–water partition coefficient (Wildman–Crippen LogP) is 1.18. The highest BCUT2D eigenvalue weighted by Gasteiger charge is 2.38. The molecule has 21 heavy (non-hydrogen) atoms. The molecule has 0 saturated carbocycles. The monoisotopic (exact) mass is 357 g/mol. The van der Waals surface area contributed by atoms with E-state index in [-0.39, 0.29) is 19.6 Å². The fourth-order valence-corrected chi connectivity index (χ4v) is 2.88. The number of carboxylic acids is 1. The van der Waals surface area contributed by atoms with Crippen molar-refractivity contribution in [2.45, 2.75) is 25.5 Å². The molecule has 7 heteroatoms. The van der Waals surface area contributed by atoms with Crippen molar-refractivity contribution in [1.29, 1.82) is 0 Å². The molecule has 2 rings (SSSR count). The SMILES string of the molecule is Cc1ccc(OCC(=O)N2C[C@H](O)C[C@H]2C(=O)O)c(Br)c1. The maximum absolute atomic E-state index is 12.1. The van der Waals surface area contributed by atoms with Crippen molar-refractivity contribution >= 4 is 27.8 Å². The summed E-state index contributed by atoms with van der Waals surface area (Å²) in [6.07, 6.45) is -0.754. The van der Waals surface area contributed by atoms with Crippen LogP contribution in [-0.2, 0) is 9.59 Å². The van der Waals surface area contributed by atoms with E-state index in [2.05, 4.69) is 15.9 Å². The minimum atomic E-state index is -1.11. The van der Waals surface area contributed by atoms with E-state index in [4.69, 9.17) is 9.84 Å². The summed E-state index contributed by atoms with van der Waals surface area (Å²) in [6, 6.07) is 4.46. The number of carbonyl (C=O) groups is 2. The fraction of sp³-hybridized carbons (Fsp3) is 0.429. The lowest BCUT2D eigenvalue weighted by molar-refractivity contribution is -0.149. The highest BCUT2D eigenvalue weighted by atomic mass is 79.9. The number of benzene rings is 1. The smallest absolute Gasteiger partial charge is 0.326 e. The Kier molecular flexibility index (Phi) is 4.84. The summed E-state index contributed by atoms with van der Waals surface area (Å²) in [4.78, 5) is 24.3. The van der Waals surface area contributed by atoms with Crippen LogP contribution in [0, 0.1) is 6.92 Å². The third-order valence-electron chi connectivity index (χ3n) is 3.32. The van der Waals surface area contributed by atoms with Gasteiger partial charge in [-0.25, -0.2) is 4.79 Å². The lowest BCUT2D eigenvalue weighted by atomic mass is 10.2. The van der Waals surface area contributed by atoms with Crippen LogP contribution < -0.4 is 4.74 Å². The van der Waals surface area contributed by atoms with Crippen LogP contribution in [0.1, 0.15) is 12.0 Å². The standard InChI is InChI=1S/C14H16BrNO5/c1-8-2-3-12(10(15)4-8)21-7-13(18)16-6-9(17)5-11(16)14(19)20/h2-4,9,11,17H,5-7H2,1H3,(H,19,20)/t9-,11+/m1/s1. The molecule has 114 valence electrons. The zero-order chi connectivity index (χ0) is 15.6. The van der Waals surface area contributed by atoms with Gasteiger partial charge in [-0.15, -0.1) is 0 Å². The van der Waals surface area contributed by atoms with Crippen molar-refractivity contribution in [3.63, 3.8) is 0 Å². The van der Waals surface area contributed by atoms with Crippen molar-refractivity contribution in [2.24, 2.45) is 0 Å². The Morgan fingerprint density at radius 1 is 1.48 bits per heavy atom. The molecule has 0 unspecified atom stereocenters. The number of hydrogen-bond donors (Lipinski definition) is 2. The summed E-state index contributed by atoms with van der Waals surface area (Å²) in [5, 5.41) is 18.6. The zero-order valence-corrected chi connectivity index (χ0v) is 13.0. The number of aliphatic hydroxyl groups excluding tert-OH is 1. The van der Waals surface area contributed by atoms with Gasteiger partial charge in [0.15, 0.2) is 6.61 Å². The molecule has 0 aliphatic carbocycles. The average Bonchev–Trinajstić information content (AvgIpc) is 2.80. The van der Waals surface area contributed by atoms with E-state index in [1.807, 2.05) is 19.1 Å². The van der Waals surface area contributed by atoms with Gasteiger partial charge < -0.3 is 19.8 Å². The number of halogens is 1. The lowest BCUT2D eigenvalue weighted by Gasteiger charge is -2.21. The molecule has 0 radical (unpaired) electrons. The van der Waals surface area contributed by atoms with Crippen molar-refractivity contribution in [1.82, 2.24) is 4.90 Å². The molecule has 2 N–H and O–H groups in total. The number of aliphatic hydroxyl groups is 1. The van der Waals surface area contributed by atoms with Crippen LogP contribution in [0.25, 0.3) is 0 Å². The molecule has 0 aromatic heterocycles. The first-order valence-corrected chi connectivity index (χ1v) is 7.27. The maximum atomic E-state index is 12.1. The zero-order valence-electron chi connectivity index (χ0n) is 11.5. The Bertz CT molecular complexity index is 562. The van der Waals surface area contributed by atoms with Gasteiger partial charge in [-0.1, -0.05) is 6.07 Å². The van der Waals surface area contributed by atoms with Crippen LogP contribution >= 0.6 is 15.9 Å². The number of hydrogen-bond acceptors (Lipinski definition) is 4. The van der Waals surface area contributed by atoms with Crippen LogP contribution in [0.3, 0.4) is 0 Å². The summed E-state index contributed by atoms with van der Waals surface area (Å²) in [5.41, 5.74) is 1.05. The first kappa shape index (κ1) is 15.8. The second-order valence-electron chi connectivity index (χ2n) is 5.01. The molecule has 1 aromatic rings. The largest absolute Gasteiger partial charge is 0.483 e. The van der Waals surface area contributed by atoms with E-state index >= 15 is 0 Å². The Balaban J connectivity index is 1.99. The number of aliphatic carboxylic acids is 1. The number of rotatable bonds is 4. The molecule has 6 nitrogen and oxygen atoms in total. The first-order valence-electron chi connectivity index (χ1n) is 6.47. The summed E-state index contributed by atoms with van der Waals surface area (Å²) in [5.74, 6) is -1.05. The van der Waals surface area contributed by atoms with Gasteiger partial charge in [-0.05, 0) is 40.5 Å². The highest BCUT2D eigenvalue weighted by Crippen LogP contribution is 2.26. The van der Waals surface area contributed by atoms with Crippen molar-refractivity contribution < 1.29 is 24.5 Å². The Morgan fingerprint density at radius 2 is 2.19 bits per heavy atom. The second kappa shape index (κ2) is 6.44. The van der Waals surface area contributed by atoms with E-state index in [9.17, 15) is 14.7 Å². The third-order valence-corrected chi connectivity index (χ3v) is 3.94. The fourth-order valence-electron chi connectivity index (χ4n) is 2.27. The van der Waals surface area contributed by atoms with Crippen LogP contribution in [0.15, 0.2) is 22.7 Å². The van der Waals surface area contributed by atoms with Gasteiger partial charge in [0.2, 0.25) is 0 Å². The maximum Gasteiger partial charge on any atom is 0.326 e. The molecule has 1 aliphatic heterocycles. The van der Waals surface area contributed by atoms with Crippen LogP contribution in [0.5, 0.6) is 5.75 Å². The number of carbonyl (C=O) groups excluding carboxylic acids is 1. The Morgan fingerprint density at radius 3 is 2.81 bits per heavy atom. The van der Waals surface area contributed by atoms with Crippen molar-refractivity contribution in [3.8, 4) is 5.75 Å². The van der Waals surface area contributed by atoms with E-state index in [1.165, 1.54) is 0 Å². The first-order chi connectivity index (χ1) is 9.88. The Hall–Kier alpha value is -1.60. The molecule has 0 spiro atoms. The minimum absolute atomic E-state index is 0.0221. The van der Waals surface area contributed by atoms with E-state index in [0.29, 0.717) is 5.75 Å². The van der Waals surface area contributed by atoms with Gasteiger partial charge in [0.05, 0.1) is 10.6 Å². The molecule has 1 aliphatic rings. The highest BCUT2D eigenvalue weighted by molar-refractivity contribution is 9.10.